The van der Waals surface area contributed by atoms with Crippen LogP contribution in [0.2, 0.25) is 0 Å². The lowest BCUT2D eigenvalue weighted by molar-refractivity contribution is 0.508. The molecule has 0 spiro atoms. The SMILES string of the molecule is CCCNC(C1=CCCCCCC1)C1SCCSC1C. The van der Waals surface area contributed by atoms with Crippen molar-refractivity contribution in [3.63, 3.8) is 0 Å². The molecule has 0 saturated carbocycles. The molecule has 116 valence electrons. The van der Waals surface area contributed by atoms with Gasteiger partial charge in [-0.1, -0.05) is 38.3 Å². The average molecular weight is 314 g/mol. The molecule has 0 aromatic carbocycles. The summed E-state index contributed by atoms with van der Waals surface area (Å²) in [5, 5.41) is 5.44. The highest BCUT2D eigenvalue weighted by molar-refractivity contribution is 8.07. The fourth-order valence-electron chi connectivity index (χ4n) is 3.27. The van der Waals surface area contributed by atoms with Gasteiger partial charge in [0.05, 0.1) is 0 Å². The fraction of sp³-hybridized carbons (Fsp3) is 0.882. The van der Waals surface area contributed by atoms with Crippen molar-refractivity contribution in [1.29, 1.82) is 0 Å². The van der Waals surface area contributed by atoms with E-state index in [-0.39, 0.29) is 0 Å². The van der Waals surface area contributed by atoms with Gasteiger partial charge in [-0.3, -0.25) is 0 Å². The maximum atomic E-state index is 3.88. The lowest BCUT2D eigenvalue weighted by Crippen LogP contribution is -2.46. The van der Waals surface area contributed by atoms with Crippen LogP contribution >= 0.6 is 23.5 Å². The lowest BCUT2D eigenvalue weighted by Gasteiger charge is -2.37. The predicted octanol–water partition coefficient (Wildman–Crippen LogP) is 4.87. The van der Waals surface area contributed by atoms with Crippen LogP contribution in [0.3, 0.4) is 0 Å². The zero-order valence-corrected chi connectivity index (χ0v) is 14.8. The van der Waals surface area contributed by atoms with Crippen LogP contribution in [0.25, 0.3) is 0 Å². The van der Waals surface area contributed by atoms with Crippen LogP contribution in [0, 0.1) is 0 Å². The summed E-state index contributed by atoms with van der Waals surface area (Å²) in [6.45, 7) is 5.88. The van der Waals surface area contributed by atoms with E-state index in [1.54, 1.807) is 5.57 Å². The number of hydrogen-bond acceptors (Lipinski definition) is 3. The Kier molecular flexibility index (Phi) is 7.90. The number of allylic oxidation sites excluding steroid dienone is 1. The van der Waals surface area contributed by atoms with Crippen LogP contribution in [-0.4, -0.2) is 34.6 Å². The number of thioether (sulfide) groups is 2. The Balaban J connectivity index is 2.07. The molecule has 3 atom stereocenters. The first-order valence-electron chi connectivity index (χ1n) is 8.48. The second-order valence-corrected chi connectivity index (χ2v) is 8.85. The third kappa shape index (κ3) is 4.99. The van der Waals surface area contributed by atoms with Gasteiger partial charge in [0.1, 0.15) is 0 Å². The maximum Gasteiger partial charge on any atom is 0.0410 e. The quantitative estimate of drug-likeness (QED) is 0.727. The number of nitrogens with one attached hydrogen (secondary N) is 1. The molecule has 2 rings (SSSR count). The third-order valence-corrected chi connectivity index (χ3v) is 7.60. The van der Waals surface area contributed by atoms with Gasteiger partial charge in [0, 0.05) is 28.0 Å². The molecule has 1 N–H and O–H groups in total. The molecule has 0 aromatic heterocycles. The number of hydrogen-bond donors (Lipinski definition) is 1. The van der Waals surface area contributed by atoms with E-state index in [1.165, 1.54) is 56.5 Å². The predicted molar refractivity (Wildman–Crippen MR) is 96.0 cm³/mol. The summed E-state index contributed by atoms with van der Waals surface area (Å²) in [7, 11) is 0. The Morgan fingerprint density at radius 2 is 2.00 bits per heavy atom. The van der Waals surface area contributed by atoms with Crippen LogP contribution in [0.4, 0.5) is 0 Å². The molecule has 3 unspecified atom stereocenters. The largest absolute Gasteiger partial charge is 0.309 e. The van der Waals surface area contributed by atoms with Crippen LogP contribution < -0.4 is 5.32 Å². The normalized spacial score (nSPS) is 30.2. The molecule has 0 radical (unpaired) electrons. The van der Waals surface area contributed by atoms with Gasteiger partial charge in [0.25, 0.3) is 0 Å². The van der Waals surface area contributed by atoms with Crippen molar-refractivity contribution in [2.45, 2.75) is 75.3 Å². The molecule has 0 aromatic rings. The molecule has 3 heteroatoms. The standard InChI is InChI=1S/C17H31NS2/c1-3-11-18-16(17-14(2)19-12-13-20-17)15-9-7-5-4-6-8-10-15/h9,14,16-18H,3-8,10-13H2,1-2H3. The van der Waals surface area contributed by atoms with Crippen LogP contribution in [0.15, 0.2) is 11.6 Å². The zero-order valence-electron chi connectivity index (χ0n) is 13.2. The highest BCUT2D eigenvalue weighted by Crippen LogP contribution is 2.36. The van der Waals surface area contributed by atoms with E-state index in [0.717, 1.165) is 17.0 Å². The van der Waals surface area contributed by atoms with Crippen LogP contribution in [0.5, 0.6) is 0 Å². The molecular formula is C17H31NS2. The van der Waals surface area contributed by atoms with Gasteiger partial charge in [0.15, 0.2) is 0 Å². The molecule has 20 heavy (non-hydrogen) atoms. The summed E-state index contributed by atoms with van der Waals surface area (Å²) < 4.78 is 0. The van der Waals surface area contributed by atoms with Gasteiger partial charge < -0.3 is 5.32 Å². The van der Waals surface area contributed by atoms with Crippen molar-refractivity contribution in [1.82, 2.24) is 5.32 Å². The van der Waals surface area contributed by atoms with Crippen molar-refractivity contribution in [2.24, 2.45) is 0 Å². The molecule has 1 saturated heterocycles. The van der Waals surface area contributed by atoms with Gasteiger partial charge in [0.2, 0.25) is 0 Å². The Morgan fingerprint density at radius 1 is 1.20 bits per heavy atom. The van der Waals surface area contributed by atoms with E-state index >= 15 is 0 Å². The first-order valence-corrected chi connectivity index (χ1v) is 10.6. The summed E-state index contributed by atoms with van der Waals surface area (Å²) >= 11 is 4.38. The van der Waals surface area contributed by atoms with Crippen molar-refractivity contribution in [3.8, 4) is 0 Å². The van der Waals surface area contributed by atoms with Crippen molar-refractivity contribution >= 4 is 23.5 Å². The number of rotatable bonds is 5. The van der Waals surface area contributed by atoms with E-state index in [4.69, 9.17) is 0 Å². The smallest absolute Gasteiger partial charge is 0.0410 e. The first-order chi connectivity index (χ1) is 9.83. The van der Waals surface area contributed by atoms with E-state index in [9.17, 15) is 0 Å². The fourth-order valence-corrected chi connectivity index (χ4v) is 6.24. The molecule has 1 aliphatic heterocycles. The van der Waals surface area contributed by atoms with E-state index in [1.807, 2.05) is 0 Å². The summed E-state index contributed by atoms with van der Waals surface area (Å²) in [4.78, 5) is 0. The molecule has 0 amide bonds. The zero-order chi connectivity index (χ0) is 14.2. The molecular weight excluding hydrogens is 282 g/mol. The maximum absolute atomic E-state index is 3.88. The van der Waals surface area contributed by atoms with E-state index in [2.05, 4.69) is 48.8 Å². The van der Waals surface area contributed by atoms with Crippen molar-refractivity contribution in [2.75, 3.05) is 18.1 Å². The average Bonchev–Trinajstić information content (AvgIpc) is 2.42. The molecule has 0 bridgehead atoms. The summed E-state index contributed by atoms with van der Waals surface area (Å²) in [5.41, 5.74) is 1.73. The molecule has 2 aliphatic rings. The second-order valence-electron chi connectivity index (χ2n) is 6.08. The van der Waals surface area contributed by atoms with Gasteiger partial charge in [-0.25, -0.2) is 0 Å². The topological polar surface area (TPSA) is 12.0 Å². The van der Waals surface area contributed by atoms with E-state index in [0.29, 0.717) is 6.04 Å². The second kappa shape index (κ2) is 9.42. The first kappa shape index (κ1) is 16.8. The van der Waals surface area contributed by atoms with Crippen molar-refractivity contribution in [3.05, 3.63) is 11.6 Å². The Bertz CT molecular complexity index is 303. The van der Waals surface area contributed by atoms with Gasteiger partial charge in [-0.2, -0.15) is 23.5 Å². The monoisotopic (exact) mass is 313 g/mol. The minimum Gasteiger partial charge on any atom is -0.309 e. The lowest BCUT2D eigenvalue weighted by atomic mass is 9.92. The van der Waals surface area contributed by atoms with Crippen LogP contribution in [-0.2, 0) is 0 Å². The molecule has 1 aliphatic carbocycles. The van der Waals surface area contributed by atoms with Gasteiger partial charge in [-0.15, -0.1) is 0 Å². The summed E-state index contributed by atoms with van der Waals surface area (Å²) in [6.07, 6.45) is 12.1. The Labute approximate surface area is 134 Å². The van der Waals surface area contributed by atoms with Gasteiger partial charge >= 0.3 is 0 Å². The van der Waals surface area contributed by atoms with Crippen molar-refractivity contribution < 1.29 is 0 Å². The minimum atomic E-state index is 0.626. The molecule has 1 fully saturated rings. The highest BCUT2D eigenvalue weighted by atomic mass is 32.2. The van der Waals surface area contributed by atoms with Crippen LogP contribution in [0.1, 0.15) is 58.8 Å². The molecule has 1 heterocycles. The Morgan fingerprint density at radius 3 is 2.80 bits per heavy atom. The van der Waals surface area contributed by atoms with Gasteiger partial charge in [-0.05, 0) is 38.6 Å². The van der Waals surface area contributed by atoms with E-state index < -0.39 is 0 Å². The third-order valence-electron chi connectivity index (χ3n) is 4.41. The summed E-state index contributed by atoms with van der Waals surface area (Å²) in [5.74, 6) is 2.67. The molecule has 1 nitrogen and oxygen atoms in total. The minimum absolute atomic E-state index is 0.626. The Hall–Kier alpha value is 0.400. The summed E-state index contributed by atoms with van der Waals surface area (Å²) in [6, 6.07) is 0.626. The highest BCUT2D eigenvalue weighted by Gasteiger charge is 2.32.